The monoisotopic (exact) mass is 222 g/mol. The normalized spacial score (nSPS) is 24.9. The minimum absolute atomic E-state index is 0.107. The van der Waals surface area contributed by atoms with Crippen LogP contribution < -0.4 is 0 Å². The summed E-state index contributed by atoms with van der Waals surface area (Å²) in [6.45, 7) is 2.62. The van der Waals surface area contributed by atoms with Crippen molar-refractivity contribution in [1.29, 1.82) is 0 Å². The quantitative estimate of drug-likeness (QED) is 0.772. The molecule has 1 aliphatic heterocycles. The van der Waals surface area contributed by atoms with Crippen molar-refractivity contribution < 1.29 is 9.53 Å². The highest BCUT2D eigenvalue weighted by Gasteiger charge is 2.27. The second-order valence-electron chi connectivity index (χ2n) is 4.50. The molecule has 16 heavy (non-hydrogen) atoms. The van der Waals surface area contributed by atoms with Gasteiger partial charge in [-0.1, -0.05) is 0 Å². The topological polar surface area (TPSA) is 44.1 Å². The first-order valence-corrected chi connectivity index (χ1v) is 5.77. The second kappa shape index (κ2) is 4.78. The maximum atomic E-state index is 11.9. The van der Waals surface area contributed by atoms with E-state index in [1.165, 1.54) is 0 Å². The summed E-state index contributed by atoms with van der Waals surface area (Å²) in [6.07, 6.45) is 6.08. The molecule has 4 heteroatoms. The van der Waals surface area contributed by atoms with Crippen molar-refractivity contribution in [2.75, 3.05) is 6.61 Å². The highest BCUT2D eigenvalue weighted by atomic mass is 16.5. The number of rotatable bonds is 4. The third kappa shape index (κ3) is 2.50. The van der Waals surface area contributed by atoms with Crippen molar-refractivity contribution in [2.24, 2.45) is 13.0 Å². The van der Waals surface area contributed by atoms with Crippen molar-refractivity contribution in [2.45, 2.75) is 32.3 Å². The van der Waals surface area contributed by atoms with E-state index in [1.54, 1.807) is 6.20 Å². The fraction of sp³-hybridized carbons (Fsp3) is 0.667. The molecule has 1 saturated heterocycles. The Bertz CT molecular complexity index is 373. The summed E-state index contributed by atoms with van der Waals surface area (Å²) in [5, 5.41) is 0. The first kappa shape index (κ1) is 11.3. The Labute approximate surface area is 95.6 Å². The lowest BCUT2D eigenvalue weighted by molar-refractivity contribution is -0.122. The molecular weight excluding hydrogens is 204 g/mol. The number of aromatic nitrogens is 2. The third-order valence-electron chi connectivity index (χ3n) is 3.17. The van der Waals surface area contributed by atoms with Gasteiger partial charge in [0.25, 0.3) is 0 Å². The highest BCUT2D eigenvalue weighted by Crippen LogP contribution is 2.21. The number of ether oxygens (including phenoxy) is 1. The van der Waals surface area contributed by atoms with Crippen molar-refractivity contribution in [1.82, 2.24) is 9.55 Å². The van der Waals surface area contributed by atoms with E-state index in [1.807, 2.05) is 24.7 Å². The zero-order chi connectivity index (χ0) is 11.5. The lowest BCUT2D eigenvalue weighted by Crippen LogP contribution is -2.16. The van der Waals surface area contributed by atoms with Gasteiger partial charge in [0.15, 0.2) is 0 Å². The second-order valence-corrected chi connectivity index (χ2v) is 4.50. The van der Waals surface area contributed by atoms with Crippen LogP contribution in [0.25, 0.3) is 0 Å². The Kier molecular flexibility index (Phi) is 3.39. The van der Waals surface area contributed by atoms with Gasteiger partial charge < -0.3 is 9.30 Å². The predicted molar refractivity (Wildman–Crippen MR) is 60.1 cm³/mol. The molecule has 88 valence electrons. The molecule has 1 aromatic heterocycles. The molecule has 0 amide bonds. The van der Waals surface area contributed by atoms with Gasteiger partial charge in [0, 0.05) is 38.2 Å². The van der Waals surface area contributed by atoms with Crippen molar-refractivity contribution in [3.05, 3.63) is 18.2 Å². The summed E-state index contributed by atoms with van der Waals surface area (Å²) in [5.74, 6) is 1.39. The van der Waals surface area contributed by atoms with E-state index in [0.717, 1.165) is 18.7 Å². The van der Waals surface area contributed by atoms with Crippen LogP contribution in [0, 0.1) is 5.92 Å². The Balaban J connectivity index is 1.82. The van der Waals surface area contributed by atoms with E-state index in [9.17, 15) is 4.79 Å². The maximum Gasteiger partial charge on any atom is 0.138 e. The van der Waals surface area contributed by atoms with E-state index < -0.39 is 0 Å². The molecule has 2 heterocycles. The number of carbonyl (C=O) groups is 1. The number of Topliss-reactive ketones (excluding diaryl/α,β-unsaturated/α-hetero) is 1. The van der Waals surface area contributed by atoms with Crippen LogP contribution in [0.4, 0.5) is 0 Å². The van der Waals surface area contributed by atoms with Crippen LogP contribution >= 0.6 is 0 Å². The summed E-state index contributed by atoms with van der Waals surface area (Å²) in [5.41, 5.74) is 0. The molecule has 2 atom stereocenters. The number of carbonyl (C=O) groups excluding carboxylic acids is 1. The van der Waals surface area contributed by atoms with Crippen LogP contribution in [-0.4, -0.2) is 28.0 Å². The highest BCUT2D eigenvalue weighted by molar-refractivity contribution is 5.81. The molecule has 4 nitrogen and oxygen atoms in total. The van der Waals surface area contributed by atoms with Crippen LogP contribution in [0.1, 0.15) is 25.6 Å². The maximum absolute atomic E-state index is 11.9. The smallest absolute Gasteiger partial charge is 0.138 e. The predicted octanol–water partition coefficient (Wildman–Crippen LogP) is 1.35. The van der Waals surface area contributed by atoms with Crippen LogP contribution in [0.5, 0.6) is 0 Å². The standard InChI is InChI=1S/C12H18N2O2/c1-9-7-10(8-16-9)11(15)3-4-12-13-5-6-14(12)2/h5-6,9-10H,3-4,7-8H2,1-2H3. The molecule has 0 bridgehead atoms. The molecule has 2 unspecified atom stereocenters. The van der Waals surface area contributed by atoms with E-state index in [0.29, 0.717) is 18.8 Å². The summed E-state index contributed by atoms with van der Waals surface area (Å²) < 4.78 is 7.37. The molecule has 2 rings (SSSR count). The van der Waals surface area contributed by atoms with E-state index >= 15 is 0 Å². The Morgan fingerprint density at radius 1 is 1.69 bits per heavy atom. The van der Waals surface area contributed by atoms with Crippen LogP contribution in [0.2, 0.25) is 0 Å². The first-order valence-electron chi connectivity index (χ1n) is 5.77. The number of imidazole rings is 1. The van der Waals surface area contributed by atoms with Gasteiger partial charge in [-0.3, -0.25) is 4.79 Å². The Hall–Kier alpha value is -1.16. The van der Waals surface area contributed by atoms with Gasteiger partial charge in [-0.05, 0) is 13.3 Å². The van der Waals surface area contributed by atoms with Crippen molar-refractivity contribution in [3.8, 4) is 0 Å². The largest absolute Gasteiger partial charge is 0.378 e. The van der Waals surface area contributed by atoms with Crippen molar-refractivity contribution >= 4 is 5.78 Å². The molecule has 1 aromatic rings. The van der Waals surface area contributed by atoms with Gasteiger partial charge in [-0.25, -0.2) is 4.98 Å². The first-order chi connectivity index (χ1) is 7.66. The molecule has 0 spiro atoms. The number of nitrogens with zero attached hydrogens (tertiary/aromatic N) is 2. The van der Waals surface area contributed by atoms with E-state index in [-0.39, 0.29) is 12.0 Å². The summed E-state index contributed by atoms with van der Waals surface area (Å²) in [7, 11) is 1.95. The summed E-state index contributed by atoms with van der Waals surface area (Å²) in [4.78, 5) is 16.1. The van der Waals surface area contributed by atoms with E-state index in [4.69, 9.17) is 4.74 Å². The average molecular weight is 222 g/mol. The number of ketones is 1. The molecule has 0 aliphatic carbocycles. The zero-order valence-electron chi connectivity index (χ0n) is 9.85. The Morgan fingerprint density at radius 2 is 2.50 bits per heavy atom. The number of hydrogen-bond acceptors (Lipinski definition) is 3. The van der Waals surface area contributed by atoms with Crippen molar-refractivity contribution in [3.63, 3.8) is 0 Å². The van der Waals surface area contributed by atoms with Crippen LogP contribution in [-0.2, 0) is 23.0 Å². The fourth-order valence-corrected chi connectivity index (χ4v) is 2.12. The van der Waals surface area contributed by atoms with Gasteiger partial charge in [-0.2, -0.15) is 0 Å². The zero-order valence-corrected chi connectivity index (χ0v) is 9.85. The minimum Gasteiger partial charge on any atom is -0.378 e. The molecule has 0 radical (unpaired) electrons. The minimum atomic E-state index is 0.107. The Morgan fingerprint density at radius 3 is 3.06 bits per heavy atom. The SMILES string of the molecule is CC1CC(C(=O)CCc2nccn2C)CO1. The van der Waals surface area contributed by atoms with Crippen LogP contribution in [0.3, 0.4) is 0 Å². The lowest BCUT2D eigenvalue weighted by Gasteiger charge is -2.06. The van der Waals surface area contributed by atoms with Gasteiger partial charge in [0.2, 0.25) is 0 Å². The number of hydrogen-bond donors (Lipinski definition) is 0. The molecular formula is C12H18N2O2. The van der Waals surface area contributed by atoms with Gasteiger partial charge in [0.1, 0.15) is 11.6 Å². The molecule has 0 N–H and O–H groups in total. The molecule has 0 saturated carbocycles. The summed E-state index contributed by atoms with van der Waals surface area (Å²) in [6, 6.07) is 0. The fourth-order valence-electron chi connectivity index (χ4n) is 2.12. The average Bonchev–Trinajstić information content (AvgIpc) is 2.84. The van der Waals surface area contributed by atoms with Gasteiger partial charge >= 0.3 is 0 Å². The third-order valence-corrected chi connectivity index (χ3v) is 3.17. The van der Waals surface area contributed by atoms with Gasteiger partial charge in [0.05, 0.1) is 12.7 Å². The molecule has 1 aliphatic rings. The summed E-state index contributed by atoms with van der Waals surface area (Å²) >= 11 is 0. The number of aryl methyl sites for hydroxylation is 2. The van der Waals surface area contributed by atoms with Crippen LogP contribution in [0.15, 0.2) is 12.4 Å². The van der Waals surface area contributed by atoms with E-state index in [2.05, 4.69) is 4.98 Å². The lowest BCUT2D eigenvalue weighted by atomic mass is 9.97. The molecule has 1 fully saturated rings. The molecule has 0 aromatic carbocycles. The van der Waals surface area contributed by atoms with Gasteiger partial charge in [-0.15, -0.1) is 0 Å².